The molecular formula is C11H17NO2. The summed E-state index contributed by atoms with van der Waals surface area (Å²) in [7, 11) is 0. The van der Waals surface area contributed by atoms with Crippen molar-refractivity contribution in [3.63, 3.8) is 0 Å². The van der Waals surface area contributed by atoms with Crippen LogP contribution in [0.25, 0.3) is 0 Å². The van der Waals surface area contributed by atoms with Crippen LogP contribution in [0.4, 0.5) is 0 Å². The predicted molar refractivity (Wildman–Crippen MR) is 53.9 cm³/mol. The molecular weight excluding hydrogens is 178 g/mol. The first-order chi connectivity index (χ1) is 6.86. The minimum Gasteiger partial charge on any atom is -0.501 e. The van der Waals surface area contributed by atoms with Gasteiger partial charge in [0.05, 0.1) is 19.4 Å². The van der Waals surface area contributed by atoms with Crippen LogP contribution in [-0.2, 0) is 9.53 Å². The second kappa shape index (κ2) is 4.60. The van der Waals surface area contributed by atoms with Crippen molar-refractivity contribution < 1.29 is 9.53 Å². The van der Waals surface area contributed by atoms with Crippen molar-refractivity contribution in [1.82, 2.24) is 5.32 Å². The molecule has 3 heteroatoms. The number of Topliss-reactive ketones (excluding diaryl/α,β-unsaturated/α-hetero) is 1. The summed E-state index contributed by atoms with van der Waals surface area (Å²) >= 11 is 0. The van der Waals surface area contributed by atoms with Crippen LogP contribution < -0.4 is 5.32 Å². The molecule has 1 fully saturated rings. The van der Waals surface area contributed by atoms with Crippen molar-refractivity contribution in [2.45, 2.75) is 25.7 Å². The van der Waals surface area contributed by atoms with Crippen molar-refractivity contribution >= 4 is 5.78 Å². The van der Waals surface area contributed by atoms with Gasteiger partial charge in [-0.05, 0) is 38.1 Å². The number of ketones is 1. The molecule has 0 spiro atoms. The van der Waals surface area contributed by atoms with Crippen LogP contribution in [0.15, 0.2) is 11.8 Å². The molecule has 2 rings (SSSR count). The fraction of sp³-hybridized carbons (Fsp3) is 0.727. The lowest BCUT2D eigenvalue weighted by Crippen LogP contribution is -2.26. The second-order valence-electron chi connectivity index (χ2n) is 4.11. The lowest BCUT2D eigenvalue weighted by molar-refractivity contribution is -0.115. The molecule has 0 aromatic rings. The summed E-state index contributed by atoms with van der Waals surface area (Å²) in [5.41, 5.74) is 0.847. The normalized spacial score (nSPS) is 21.3. The van der Waals surface area contributed by atoms with Crippen molar-refractivity contribution in [2.75, 3.05) is 19.7 Å². The third-order valence-corrected chi connectivity index (χ3v) is 2.71. The van der Waals surface area contributed by atoms with Gasteiger partial charge in [0.15, 0.2) is 5.78 Å². The molecule has 1 aliphatic heterocycles. The number of rotatable bonds is 5. The molecule has 0 bridgehead atoms. The number of hydrogen-bond donors (Lipinski definition) is 1. The molecule has 0 aromatic heterocycles. The van der Waals surface area contributed by atoms with E-state index in [4.69, 9.17) is 4.74 Å². The van der Waals surface area contributed by atoms with Gasteiger partial charge in [-0.15, -0.1) is 0 Å². The first-order valence-electron chi connectivity index (χ1n) is 5.41. The van der Waals surface area contributed by atoms with Crippen LogP contribution in [0, 0.1) is 5.92 Å². The summed E-state index contributed by atoms with van der Waals surface area (Å²) < 4.78 is 5.13. The van der Waals surface area contributed by atoms with Gasteiger partial charge in [-0.2, -0.15) is 0 Å². The third-order valence-electron chi connectivity index (χ3n) is 2.71. The molecule has 1 heterocycles. The molecule has 78 valence electrons. The molecule has 0 radical (unpaired) electrons. The Kier molecular flexibility index (Phi) is 3.19. The topological polar surface area (TPSA) is 38.3 Å². The monoisotopic (exact) mass is 195 g/mol. The van der Waals surface area contributed by atoms with Crippen molar-refractivity contribution in [1.29, 1.82) is 0 Å². The first-order valence-corrected chi connectivity index (χ1v) is 5.41. The van der Waals surface area contributed by atoms with Gasteiger partial charge in [-0.3, -0.25) is 4.79 Å². The molecule has 1 saturated carbocycles. The SMILES string of the molecule is O=C(CNCC1CC1)C1=COCCC1. The van der Waals surface area contributed by atoms with E-state index in [1.165, 1.54) is 12.8 Å². The quantitative estimate of drug-likeness (QED) is 0.717. The minimum absolute atomic E-state index is 0.199. The Hall–Kier alpha value is -0.830. The molecule has 14 heavy (non-hydrogen) atoms. The Labute approximate surface area is 84.5 Å². The van der Waals surface area contributed by atoms with Crippen LogP contribution >= 0.6 is 0 Å². The Morgan fingerprint density at radius 3 is 3.07 bits per heavy atom. The van der Waals surface area contributed by atoms with Gasteiger partial charge >= 0.3 is 0 Å². The van der Waals surface area contributed by atoms with Crippen LogP contribution in [0.1, 0.15) is 25.7 Å². The average Bonchev–Trinajstić information content (AvgIpc) is 3.03. The predicted octanol–water partition coefficient (Wildman–Crippen LogP) is 1.25. The van der Waals surface area contributed by atoms with E-state index >= 15 is 0 Å². The van der Waals surface area contributed by atoms with E-state index in [1.54, 1.807) is 6.26 Å². The van der Waals surface area contributed by atoms with Gasteiger partial charge in [0, 0.05) is 5.57 Å². The molecule has 0 atom stereocenters. The summed E-state index contributed by atoms with van der Waals surface area (Å²) in [6, 6.07) is 0. The lowest BCUT2D eigenvalue weighted by Gasteiger charge is -2.12. The molecule has 0 unspecified atom stereocenters. The fourth-order valence-corrected chi connectivity index (χ4v) is 1.59. The van der Waals surface area contributed by atoms with Gasteiger partial charge in [0.25, 0.3) is 0 Å². The summed E-state index contributed by atoms with van der Waals surface area (Å²) in [5, 5.41) is 3.20. The Morgan fingerprint density at radius 2 is 2.43 bits per heavy atom. The number of ether oxygens (including phenoxy) is 1. The standard InChI is InChI=1S/C11H17NO2/c13-11(7-12-6-9-3-4-9)10-2-1-5-14-8-10/h8-9,12H,1-7H2. The van der Waals surface area contributed by atoms with Crippen LogP contribution in [0.3, 0.4) is 0 Å². The highest BCUT2D eigenvalue weighted by molar-refractivity contribution is 5.96. The number of carbonyl (C=O) groups is 1. The molecule has 0 amide bonds. The molecule has 0 saturated heterocycles. The Balaban J connectivity index is 1.67. The average molecular weight is 195 g/mol. The van der Waals surface area contributed by atoms with E-state index in [0.717, 1.165) is 37.5 Å². The van der Waals surface area contributed by atoms with E-state index in [-0.39, 0.29) is 5.78 Å². The fourth-order valence-electron chi connectivity index (χ4n) is 1.59. The summed E-state index contributed by atoms with van der Waals surface area (Å²) in [4.78, 5) is 11.6. The zero-order valence-corrected chi connectivity index (χ0v) is 8.42. The maximum Gasteiger partial charge on any atom is 0.175 e. The first kappa shape index (κ1) is 9.71. The highest BCUT2D eigenvalue weighted by Gasteiger charge is 2.21. The second-order valence-corrected chi connectivity index (χ2v) is 4.11. The highest BCUT2D eigenvalue weighted by Crippen LogP contribution is 2.27. The maximum atomic E-state index is 11.6. The zero-order valence-electron chi connectivity index (χ0n) is 8.42. The smallest absolute Gasteiger partial charge is 0.175 e. The van der Waals surface area contributed by atoms with Crippen molar-refractivity contribution in [3.8, 4) is 0 Å². The Morgan fingerprint density at radius 1 is 1.57 bits per heavy atom. The summed E-state index contributed by atoms with van der Waals surface area (Å²) in [6.45, 7) is 2.23. The van der Waals surface area contributed by atoms with Gasteiger partial charge < -0.3 is 10.1 Å². The summed E-state index contributed by atoms with van der Waals surface area (Å²) in [5.74, 6) is 1.03. The van der Waals surface area contributed by atoms with Crippen molar-refractivity contribution in [2.24, 2.45) is 5.92 Å². The van der Waals surface area contributed by atoms with Gasteiger partial charge in [0.2, 0.25) is 0 Å². The van der Waals surface area contributed by atoms with Crippen LogP contribution in [-0.4, -0.2) is 25.5 Å². The van der Waals surface area contributed by atoms with Gasteiger partial charge in [-0.1, -0.05) is 0 Å². The molecule has 0 aromatic carbocycles. The minimum atomic E-state index is 0.199. The summed E-state index contributed by atoms with van der Waals surface area (Å²) in [6.07, 6.45) is 6.13. The van der Waals surface area contributed by atoms with Gasteiger partial charge in [0.1, 0.15) is 0 Å². The number of hydrogen-bond acceptors (Lipinski definition) is 3. The molecule has 1 aliphatic carbocycles. The number of carbonyl (C=O) groups excluding carboxylic acids is 1. The van der Waals surface area contributed by atoms with E-state index < -0.39 is 0 Å². The van der Waals surface area contributed by atoms with Crippen molar-refractivity contribution in [3.05, 3.63) is 11.8 Å². The van der Waals surface area contributed by atoms with E-state index in [0.29, 0.717) is 6.54 Å². The molecule has 1 N–H and O–H groups in total. The van der Waals surface area contributed by atoms with Crippen LogP contribution in [0.2, 0.25) is 0 Å². The largest absolute Gasteiger partial charge is 0.501 e. The van der Waals surface area contributed by atoms with Gasteiger partial charge in [-0.25, -0.2) is 0 Å². The highest BCUT2D eigenvalue weighted by atomic mass is 16.5. The molecule has 3 nitrogen and oxygen atoms in total. The number of nitrogens with one attached hydrogen (secondary N) is 1. The zero-order chi connectivity index (χ0) is 9.80. The van der Waals surface area contributed by atoms with E-state index in [1.807, 2.05) is 0 Å². The lowest BCUT2D eigenvalue weighted by atomic mass is 10.1. The maximum absolute atomic E-state index is 11.6. The molecule has 2 aliphatic rings. The van der Waals surface area contributed by atoms with E-state index in [9.17, 15) is 4.79 Å². The van der Waals surface area contributed by atoms with Crippen LogP contribution in [0.5, 0.6) is 0 Å². The van der Waals surface area contributed by atoms with E-state index in [2.05, 4.69) is 5.32 Å². The Bertz CT molecular complexity index is 244. The third kappa shape index (κ3) is 2.84.